The molecule has 2 aromatic carbocycles. The summed E-state index contributed by atoms with van der Waals surface area (Å²) in [6, 6.07) is 12.1. The van der Waals surface area contributed by atoms with Gasteiger partial charge in [0.25, 0.3) is 5.91 Å². The zero-order chi connectivity index (χ0) is 16.1. The first-order valence-electron chi connectivity index (χ1n) is 7.70. The molecule has 1 amide bonds. The number of rotatable bonds is 5. The van der Waals surface area contributed by atoms with Gasteiger partial charge in [0.1, 0.15) is 0 Å². The smallest absolute Gasteiger partial charge is 0.256 e. The van der Waals surface area contributed by atoms with Crippen molar-refractivity contribution in [2.24, 2.45) is 0 Å². The number of nitrogens with one attached hydrogen (secondary N) is 2. The summed E-state index contributed by atoms with van der Waals surface area (Å²) in [6.45, 7) is 9.83. The van der Waals surface area contributed by atoms with Gasteiger partial charge in [0.15, 0.2) is 0 Å². The predicted molar refractivity (Wildman–Crippen MR) is 92.4 cm³/mol. The summed E-state index contributed by atoms with van der Waals surface area (Å²) in [6.07, 6.45) is 0. The van der Waals surface area contributed by atoms with Crippen molar-refractivity contribution in [2.45, 2.75) is 34.2 Å². The van der Waals surface area contributed by atoms with Crippen LogP contribution in [0.4, 0.5) is 5.69 Å². The number of carbonyl (C=O) groups excluding carboxylic acids is 1. The Kier molecular flexibility index (Phi) is 5.34. The topological polar surface area (TPSA) is 41.1 Å². The zero-order valence-corrected chi connectivity index (χ0v) is 13.8. The van der Waals surface area contributed by atoms with E-state index in [1.807, 2.05) is 51.1 Å². The molecule has 2 rings (SSSR count). The molecule has 0 aliphatic heterocycles. The van der Waals surface area contributed by atoms with Crippen molar-refractivity contribution >= 4 is 11.6 Å². The van der Waals surface area contributed by atoms with Crippen LogP contribution in [-0.4, -0.2) is 12.5 Å². The molecular formula is C19H24N2O. The Morgan fingerprint density at radius 3 is 2.36 bits per heavy atom. The first-order valence-corrected chi connectivity index (χ1v) is 7.70. The molecule has 0 unspecified atom stereocenters. The molecule has 0 radical (unpaired) electrons. The van der Waals surface area contributed by atoms with Gasteiger partial charge in [0, 0.05) is 17.8 Å². The maximum atomic E-state index is 12.6. The molecule has 0 bridgehead atoms. The number of aryl methyl sites for hydroxylation is 3. The Labute approximate surface area is 132 Å². The summed E-state index contributed by atoms with van der Waals surface area (Å²) >= 11 is 0. The Morgan fingerprint density at radius 1 is 1.05 bits per heavy atom. The first kappa shape index (κ1) is 16.2. The van der Waals surface area contributed by atoms with Crippen LogP contribution in [0.25, 0.3) is 0 Å². The summed E-state index contributed by atoms with van der Waals surface area (Å²) < 4.78 is 0. The van der Waals surface area contributed by atoms with Crippen molar-refractivity contribution in [1.29, 1.82) is 0 Å². The van der Waals surface area contributed by atoms with Gasteiger partial charge in [-0.3, -0.25) is 4.79 Å². The van der Waals surface area contributed by atoms with Crippen LogP contribution in [0.15, 0.2) is 36.4 Å². The van der Waals surface area contributed by atoms with E-state index in [2.05, 4.69) is 23.6 Å². The molecule has 0 aliphatic carbocycles. The predicted octanol–water partition coefficient (Wildman–Crippen LogP) is 3.97. The molecule has 0 saturated carbocycles. The average Bonchev–Trinajstić information content (AvgIpc) is 2.44. The highest BCUT2D eigenvalue weighted by Gasteiger charge is 2.13. The van der Waals surface area contributed by atoms with Gasteiger partial charge in [0.05, 0.1) is 0 Å². The van der Waals surface area contributed by atoms with Crippen molar-refractivity contribution in [3.05, 3.63) is 64.2 Å². The molecule has 2 aromatic rings. The van der Waals surface area contributed by atoms with E-state index in [1.54, 1.807) is 0 Å². The number of amides is 1. The molecule has 2 N–H and O–H groups in total. The van der Waals surface area contributed by atoms with Gasteiger partial charge in [-0.05, 0) is 56.1 Å². The highest BCUT2D eigenvalue weighted by Crippen LogP contribution is 2.19. The number of hydrogen-bond donors (Lipinski definition) is 2. The van der Waals surface area contributed by atoms with Crippen molar-refractivity contribution in [3.63, 3.8) is 0 Å². The molecule has 0 atom stereocenters. The summed E-state index contributed by atoms with van der Waals surface area (Å²) in [7, 11) is 0. The van der Waals surface area contributed by atoms with E-state index in [1.165, 1.54) is 5.56 Å². The van der Waals surface area contributed by atoms with E-state index >= 15 is 0 Å². The van der Waals surface area contributed by atoms with E-state index in [0.29, 0.717) is 0 Å². The van der Waals surface area contributed by atoms with Gasteiger partial charge in [-0.2, -0.15) is 0 Å². The van der Waals surface area contributed by atoms with Crippen LogP contribution in [0.5, 0.6) is 0 Å². The van der Waals surface area contributed by atoms with Gasteiger partial charge in [-0.25, -0.2) is 0 Å². The minimum Gasteiger partial charge on any atom is -0.322 e. The van der Waals surface area contributed by atoms with Crippen molar-refractivity contribution < 1.29 is 4.79 Å². The SMILES string of the molecule is CCNCc1cccc(NC(=O)c2c(C)cc(C)cc2C)c1. The molecule has 0 aromatic heterocycles. The quantitative estimate of drug-likeness (QED) is 0.876. The lowest BCUT2D eigenvalue weighted by molar-refractivity contribution is 0.102. The van der Waals surface area contributed by atoms with E-state index in [-0.39, 0.29) is 5.91 Å². The van der Waals surface area contributed by atoms with Gasteiger partial charge >= 0.3 is 0 Å². The third kappa shape index (κ3) is 3.95. The summed E-state index contributed by atoms with van der Waals surface area (Å²) in [5.74, 6) is -0.0457. The van der Waals surface area contributed by atoms with Gasteiger partial charge < -0.3 is 10.6 Å². The molecule has 0 heterocycles. The summed E-state index contributed by atoms with van der Waals surface area (Å²) in [5, 5.41) is 6.30. The fourth-order valence-corrected chi connectivity index (χ4v) is 2.76. The lowest BCUT2D eigenvalue weighted by Crippen LogP contribution is -2.16. The van der Waals surface area contributed by atoms with Crippen molar-refractivity contribution in [1.82, 2.24) is 5.32 Å². The number of benzene rings is 2. The van der Waals surface area contributed by atoms with Gasteiger partial charge in [-0.15, -0.1) is 0 Å². The van der Waals surface area contributed by atoms with Crippen LogP contribution in [0.1, 0.15) is 39.5 Å². The first-order chi connectivity index (χ1) is 10.5. The lowest BCUT2D eigenvalue weighted by atomic mass is 9.99. The Morgan fingerprint density at radius 2 is 1.73 bits per heavy atom. The van der Waals surface area contributed by atoms with Crippen LogP contribution in [-0.2, 0) is 6.54 Å². The monoisotopic (exact) mass is 296 g/mol. The standard InChI is InChI=1S/C19H24N2O/c1-5-20-12-16-7-6-8-17(11-16)21-19(22)18-14(3)9-13(2)10-15(18)4/h6-11,20H,5,12H2,1-4H3,(H,21,22). The van der Waals surface area contributed by atoms with Crippen molar-refractivity contribution in [3.8, 4) is 0 Å². The molecular weight excluding hydrogens is 272 g/mol. The van der Waals surface area contributed by atoms with E-state index in [4.69, 9.17) is 0 Å². The Hall–Kier alpha value is -2.13. The second kappa shape index (κ2) is 7.23. The summed E-state index contributed by atoms with van der Waals surface area (Å²) in [4.78, 5) is 12.6. The molecule has 0 saturated heterocycles. The fourth-order valence-electron chi connectivity index (χ4n) is 2.76. The maximum absolute atomic E-state index is 12.6. The molecule has 0 fully saturated rings. The minimum absolute atomic E-state index is 0.0457. The number of carbonyl (C=O) groups is 1. The molecule has 3 nitrogen and oxygen atoms in total. The third-order valence-electron chi connectivity index (χ3n) is 3.67. The second-order valence-corrected chi connectivity index (χ2v) is 5.71. The Balaban J connectivity index is 2.19. The lowest BCUT2D eigenvalue weighted by Gasteiger charge is -2.12. The van der Waals surface area contributed by atoms with Crippen molar-refractivity contribution in [2.75, 3.05) is 11.9 Å². The number of anilines is 1. The second-order valence-electron chi connectivity index (χ2n) is 5.71. The van der Waals surface area contributed by atoms with E-state index in [0.717, 1.165) is 41.0 Å². The average molecular weight is 296 g/mol. The van der Waals surface area contributed by atoms with Crippen LogP contribution < -0.4 is 10.6 Å². The van der Waals surface area contributed by atoms with Crippen LogP contribution in [0.2, 0.25) is 0 Å². The van der Waals surface area contributed by atoms with Gasteiger partial charge in [0.2, 0.25) is 0 Å². The van der Waals surface area contributed by atoms with Crippen LogP contribution >= 0.6 is 0 Å². The summed E-state index contributed by atoms with van der Waals surface area (Å²) in [5.41, 5.74) is 5.97. The largest absolute Gasteiger partial charge is 0.322 e. The van der Waals surface area contributed by atoms with Gasteiger partial charge in [-0.1, -0.05) is 36.8 Å². The fraction of sp³-hybridized carbons (Fsp3) is 0.316. The molecule has 3 heteroatoms. The zero-order valence-electron chi connectivity index (χ0n) is 13.8. The third-order valence-corrected chi connectivity index (χ3v) is 3.67. The van der Waals surface area contributed by atoms with Crippen LogP contribution in [0, 0.1) is 20.8 Å². The highest BCUT2D eigenvalue weighted by atomic mass is 16.1. The highest BCUT2D eigenvalue weighted by molar-refractivity contribution is 6.06. The Bertz CT molecular complexity index is 654. The van der Waals surface area contributed by atoms with E-state index < -0.39 is 0 Å². The number of hydrogen-bond acceptors (Lipinski definition) is 2. The minimum atomic E-state index is -0.0457. The van der Waals surface area contributed by atoms with E-state index in [9.17, 15) is 4.79 Å². The van der Waals surface area contributed by atoms with Crippen LogP contribution in [0.3, 0.4) is 0 Å². The molecule has 0 spiro atoms. The molecule has 116 valence electrons. The normalized spacial score (nSPS) is 10.5. The molecule has 0 aliphatic rings. The maximum Gasteiger partial charge on any atom is 0.256 e. The molecule has 22 heavy (non-hydrogen) atoms.